The molecule has 2 aliphatic rings. The van der Waals surface area contributed by atoms with Crippen LogP contribution in [0.1, 0.15) is 25.1 Å². The predicted octanol–water partition coefficient (Wildman–Crippen LogP) is 1.81. The van der Waals surface area contributed by atoms with Crippen LogP contribution in [0.25, 0.3) is 11.0 Å². The molecule has 2 heterocycles. The van der Waals surface area contributed by atoms with E-state index in [9.17, 15) is 4.79 Å². The Labute approximate surface area is 140 Å². The number of carbonyl (C=O) groups excluding carboxylic acids is 1. The highest BCUT2D eigenvalue weighted by atomic mass is 16.5. The molecule has 24 heavy (non-hydrogen) atoms. The van der Waals surface area contributed by atoms with Gasteiger partial charge in [0, 0.05) is 13.2 Å². The molecule has 2 N–H and O–H groups in total. The van der Waals surface area contributed by atoms with E-state index in [0.29, 0.717) is 25.0 Å². The second-order valence-corrected chi connectivity index (χ2v) is 6.73. The number of H-pyrrole nitrogens is 1. The van der Waals surface area contributed by atoms with Crippen molar-refractivity contribution in [2.75, 3.05) is 19.8 Å². The molecule has 1 saturated carbocycles. The average Bonchev–Trinajstić information content (AvgIpc) is 3.32. The molecule has 2 aromatic rings. The van der Waals surface area contributed by atoms with Crippen molar-refractivity contribution >= 4 is 16.9 Å². The zero-order chi connectivity index (χ0) is 16.4. The molecule has 1 aromatic heterocycles. The summed E-state index contributed by atoms with van der Waals surface area (Å²) >= 11 is 0. The number of ether oxygens (including phenoxy) is 2. The molecule has 1 aliphatic heterocycles. The van der Waals surface area contributed by atoms with Crippen molar-refractivity contribution in [1.82, 2.24) is 15.3 Å². The number of hydrogen-bond donors (Lipinski definition) is 2. The van der Waals surface area contributed by atoms with Gasteiger partial charge >= 0.3 is 0 Å². The first-order valence-corrected chi connectivity index (χ1v) is 8.70. The van der Waals surface area contributed by atoms with Gasteiger partial charge in [-0.15, -0.1) is 0 Å². The molecule has 2 fully saturated rings. The van der Waals surface area contributed by atoms with Crippen LogP contribution in [0.4, 0.5) is 0 Å². The van der Waals surface area contributed by atoms with Crippen molar-refractivity contribution in [3.8, 4) is 0 Å². The van der Waals surface area contributed by atoms with Gasteiger partial charge in [0.05, 0.1) is 30.1 Å². The Hall–Kier alpha value is -1.92. The van der Waals surface area contributed by atoms with Crippen molar-refractivity contribution in [1.29, 1.82) is 0 Å². The SMILES string of the molecule is O=C(Cc1nc2ccccc2[nH]1)N[C@@H]1CCOC[C@H]1OCC1CC1. The van der Waals surface area contributed by atoms with Crippen molar-refractivity contribution in [3.05, 3.63) is 30.1 Å². The lowest BCUT2D eigenvalue weighted by atomic mass is 10.1. The summed E-state index contributed by atoms with van der Waals surface area (Å²) < 4.78 is 11.5. The minimum Gasteiger partial charge on any atom is -0.379 e. The maximum Gasteiger partial charge on any atom is 0.227 e. The van der Waals surface area contributed by atoms with Gasteiger partial charge in [-0.3, -0.25) is 4.79 Å². The number of hydrogen-bond acceptors (Lipinski definition) is 4. The van der Waals surface area contributed by atoms with Crippen molar-refractivity contribution in [3.63, 3.8) is 0 Å². The standard InChI is InChI=1S/C18H23N3O3/c22-18(9-17-19-13-3-1-2-4-14(13)20-17)21-15-7-8-23-11-16(15)24-10-12-5-6-12/h1-4,12,15-16H,5-11H2,(H,19,20)(H,21,22)/t15-,16-/m1/s1. The van der Waals surface area contributed by atoms with Crippen LogP contribution in [0.15, 0.2) is 24.3 Å². The van der Waals surface area contributed by atoms with Gasteiger partial charge in [0.25, 0.3) is 0 Å². The summed E-state index contributed by atoms with van der Waals surface area (Å²) in [6, 6.07) is 7.82. The first kappa shape index (κ1) is 15.6. The van der Waals surface area contributed by atoms with E-state index in [-0.39, 0.29) is 24.5 Å². The van der Waals surface area contributed by atoms with Gasteiger partial charge in [-0.1, -0.05) is 12.1 Å². The smallest absolute Gasteiger partial charge is 0.227 e. The van der Waals surface area contributed by atoms with E-state index in [0.717, 1.165) is 24.1 Å². The molecule has 6 nitrogen and oxygen atoms in total. The van der Waals surface area contributed by atoms with E-state index in [1.54, 1.807) is 0 Å². The van der Waals surface area contributed by atoms with E-state index >= 15 is 0 Å². The molecule has 128 valence electrons. The summed E-state index contributed by atoms with van der Waals surface area (Å²) in [5.74, 6) is 1.37. The summed E-state index contributed by atoms with van der Waals surface area (Å²) in [6.45, 7) is 2.01. The molecule has 1 aliphatic carbocycles. The maximum atomic E-state index is 12.4. The summed E-state index contributed by atoms with van der Waals surface area (Å²) in [5.41, 5.74) is 1.84. The largest absolute Gasteiger partial charge is 0.379 e. The third-order valence-electron chi connectivity index (χ3n) is 4.66. The lowest BCUT2D eigenvalue weighted by Crippen LogP contribution is -2.50. The number of aromatic amines is 1. The van der Waals surface area contributed by atoms with E-state index in [2.05, 4.69) is 15.3 Å². The van der Waals surface area contributed by atoms with E-state index in [1.807, 2.05) is 24.3 Å². The number of benzene rings is 1. The van der Waals surface area contributed by atoms with Crippen LogP contribution in [0.3, 0.4) is 0 Å². The summed E-state index contributed by atoms with van der Waals surface area (Å²) in [7, 11) is 0. The third-order valence-corrected chi connectivity index (χ3v) is 4.66. The summed E-state index contributed by atoms with van der Waals surface area (Å²) in [6.07, 6.45) is 3.52. The van der Waals surface area contributed by atoms with Gasteiger partial charge in [0.2, 0.25) is 5.91 Å². The fraction of sp³-hybridized carbons (Fsp3) is 0.556. The van der Waals surface area contributed by atoms with Crippen LogP contribution in [0, 0.1) is 5.92 Å². The molecular weight excluding hydrogens is 306 g/mol. The van der Waals surface area contributed by atoms with Gasteiger partial charge in [-0.05, 0) is 37.3 Å². The lowest BCUT2D eigenvalue weighted by Gasteiger charge is -2.32. The maximum absolute atomic E-state index is 12.4. The second kappa shape index (κ2) is 6.91. The zero-order valence-corrected chi connectivity index (χ0v) is 13.7. The Bertz CT molecular complexity index is 677. The van der Waals surface area contributed by atoms with Gasteiger partial charge < -0.3 is 19.8 Å². The highest BCUT2D eigenvalue weighted by Crippen LogP contribution is 2.29. The number of amides is 1. The molecule has 0 spiro atoms. The monoisotopic (exact) mass is 329 g/mol. The van der Waals surface area contributed by atoms with Gasteiger partial charge in [0.15, 0.2) is 0 Å². The Balaban J connectivity index is 1.34. The van der Waals surface area contributed by atoms with Gasteiger partial charge in [-0.2, -0.15) is 0 Å². The molecule has 0 unspecified atom stereocenters. The summed E-state index contributed by atoms with van der Waals surface area (Å²) in [5, 5.41) is 3.10. The number of nitrogens with one attached hydrogen (secondary N) is 2. The first-order valence-electron chi connectivity index (χ1n) is 8.70. The summed E-state index contributed by atoms with van der Waals surface area (Å²) in [4.78, 5) is 20.0. The van der Waals surface area contributed by atoms with Crippen molar-refractivity contribution in [2.24, 2.45) is 5.92 Å². The lowest BCUT2D eigenvalue weighted by molar-refractivity contribution is -0.125. The minimum atomic E-state index is -0.0426. The molecule has 1 amide bonds. The highest BCUT2D eigenvalue weighted by Gasteiger charge is 2.30. The fourth-order valence-electron chi connectivity index (χ4n) is 3.08. The molecular formula is C18H23N3O3. The molecule has 6 heteroatoms. The van der Waals surface area contributed by atoms with E-state index in [1.165, 1.54) is 12.8 Å². The number of para-hydroxylation sites is 2. The molecule has 1 saturated heterocycles. The van der Waals surface area contributed by atoms with Crippen LogP contribution in [-0.4, -0.2) is 47.8 Å². The van der Waals surface area contributed by atoms with Crippen LogP contribution in [0.2, 0.25) is 0 Å². The normalized spacial score (nSPS) is 24.2. The van der Waals surface area contributed by atoms with Crippen molar-refractivity contribution in [2.45, 2.75) is 37.8 Å². The van der Waals surface area contributed by atoms with Crippen LogP contribution in [0.5, 0.6) is 0 Å². The molecule has 1 aromatic carbocycles. The minimum absolute atomic E-state index is 0.0226. The number of carbonyl (C=O) groups is 1. The first-order chi connectivity index (χ1) is 11.8. The Morgan fingerprint density at radius 3 is 3.04 bits per heavy atom. The quantitative estimate of drug-likeness (QED) is 0.847. The third kappa shape index (κ3) is 3.76. The number of aromatic nitrogens is 2. The van der Waals surface area contributed by atoms with E-state index < -0.39 is 0 Å². The van der Waals surface area contributed by atoms with Crippen LogP contribution >= 0.6 is 0 Å². The van der Waals surface area contributed by atoms with Gasteiger partial charge in [-0.25, -0.2) is 4.98 Å². The fourth-order valence-corrected chi connectivity index (χ4v) is 3.08. The van der Waals surface area contributed by atoms with E-state index in [4.69, 9.17) is 9.47 Å². The molecule has 0 radical (unpaired) electrons. The van der Waals surface area contributed by atoms with Crippen LogP contribution in [-0.2, 0) is 20.7 Å². The zero-order valence-electron chi connectivity index (χ0n) is 13.7. The van der Waals surface area contributed by atoms with Crippen molar-refractivity contribution < 1.29 is 14.3 Å². The van der Waals surface area contributed by atoms with Gasteiger partial charge in [0.1, 0.15) is 11.9 Å². The Morgan fingerprint density at radius 1 is 1.33 bits per heavy atom. The molecule has 0 bridgehead atoms. The number of rotatable bonds is 6. The molecule has 4 rings (SSSR count). The second-order valence-electron chi connectivity index (χ2n) is 6.73. The topological polar surface area (TPSA) is 76.2 Å². The number of nitrogens with zero attached hydrogens (tertiary/aromatic N) is 1. The Morgan fingerprint density at radius 2 is 2.21 bits per heavy atom. The van der Waals surface area contributed by atoms with Crippen LogP contribution < -0.4 is 5.32 Å². The number of fused-ring (bicyclic) bond motifs is 1. The average molecular weight is 329 g/mol. The Kier molecular flexibility index (Phi) is 4.49. The highest BCUT2D eigenvalue weighted by molar-refractivity contribution is 5.80. The predicted molar refractivity (Wildman–Crippen MR) is 89.6 cm³/mol. The molecule has 2 atom stereocenters. The number of imidazole rings is 1.